The third-order valence-electron chi connectivity index (χ3n) is 2.46. The van der Waals surface area contributed by atoms with E-state index in [9.17, 15) is 0 Å². The summed E-state index contributed by atoms with van der Waals surface area (Å²) in [6.45, 7) is 5.58. The molecular weight excluding hydrogens is 228 g/mol. The zero-order valence-electron chi connectivity index (χ0n) is 10.7. The van der Waals surface area contributed by atoms with Crippen molar-refractivity contribution in [2.75, 3.05) is 17.2 Å². The highest BCUT2D eigenvalue weighted by Gasteiger charge is 2.01. The third kappa shape index (κ3) is 3.48. The summed E-state index contributed by atoms with van der Waals surface area (Å²) in [6, 6.07) is 5.80. The molecule has 2 heterocycles. The second-order valence-corrected chi connectivity index (χ2v) is 4.08. The van der Waals surface area contributed by atoms with Crippen LogP contribution < -0.4 is 10.6 Å². The molecule has 0 aliphatic carbocycles. The Balaban J connectivity index is 1.92. The first-order chi connectivity index (χ1) is 8.78. The fourth-order valence-corrected chi connectivity index (χ4v) is 1.56. The molecule has 5 nitrogen and oxygen atoms in total. The predicted octanol–water partition coefficient (Wildman–Crippen LogP) is 2.81. The topological polar surface area (TPSA) is 63.0 Å². The number of nitrogens with zero attached hydrogens (tertiary/aromatic N) is 2. The summed E-state index contributed by atoms with van der Waals surface area (Å²) in [7, 11) is 0. The van der Waals surface area contributed by atoms with E-state index in [-0.39, 0.29) is 0 Å². The summed E-state index contributed by atoms with van der Waals surface area (Å²) in [5.41, 5.74) is 0. The van der Waals surface area contributed by atoms with Gasteiger partial charge in [0, 0.05) is 12.6 Å². The van der Waals surface area contributed by atoms with Crippen molar-refractivity contribution in [2.24, 2.45) is 0 Å². The van der Waals surface area contributed by atoms with Gasteiger partial charge in [-0.3, -0.25) is 0 Å². The molecule has 0 aromatic carbocycles. The first kappa shape index (κ1) is 12.4. The highest BCUT2D eigenvalue weighted by molar-refractivity contribution is 5.46. The maximum absolute atomic E-state index is 5.48. The van der Waals surface area contributed by atoms with Crippen LogP contribution in [0.2, 0.25) is 0 Å². The molecular formula is C13H18N4O. The second-order valence-electron chi connectivity index (χ2n) is 4.08. The average molecular weight is 246 g/mol. The Bertz CT molecular complexity index is 495. The number of furan rings is 1. The van der Waals surface area contributed by atoms with Gasteiger partial charge in [0.15, 0.2) is 0 Å². The maximum Gasteiger partial charge on any atom is 0.131 e. The minimum absolute atomic E-state index is 0.623. The first-order valence-electron chi connectivity index (χ1n) is 6.13. The molecule has 0 bridgehead atoms. The molecule has 0 fully saturated rings. The van der Waals surface area contributed by atoms with Crippen LogP contribution >= 0.6 is 0 Å². The van der Waals surface area contributed by atoms with E-state index in [1.54, 1.807) is 6.33 Å². The lowest BCUT2D eigenvalue weighted by molar-refractivity contribution is 0.490. The second kappa shape index (κ2) is 6.05. The summed E-state index contributed by atoms with van der Waals surface area (Å²) in [5, 5.41) is 6.43. The minimum atomic E-state index is 0.623. The Morgan fingerprint density at radius 2 is 1.94 bits per heavy atom. The van der Waals surface area contributed by atoms with Gasteiger partial charge in [0.1, 0.15) is 29.5 Å². The molecule has 0 amide bonds. The number of rotatable bonds is 6. The molecule has 2 aromatic heterocycles. The predicted molar refractivity (Wildman–Crippen MR) is 71.6 cm³/mol. The molecule has 96 valence electrons. The number of hydrogen-bond acceptors (Lipinski definition) is 5. The molecule has 0 atom stereocenters. The van der Waals surface area contributed by atoms with Gasteiger partial charge in [0.25, 0.3) is 0 Å². The number of aromatic nitrogens is 2. The van der Waals surface area contributed by atoms with Crippen LogP contribution in [0.4, 0.5) is 11.6 Å². The standard InChI is InChI=1S/C13H18N4O/c1-3-6-14-12-7-13(17-9-16-12)15-8-11-5-4-10(2)18-11/h4-5,7,9H,3,6,8H2,1-2H3,(H2,14,15,16,17). The first-order valence-corrected chi connectivity index (χ1v) is 6.13. The van der Waals surface area contributed by atoms with Gasteiger partial charge in [-0.05, 0) is 25.5 Å². The van der Waals surface area contributed by atoms with E-state index < -0.39 is 0 Å². The summed E-state index contributed by atoms with van der Waals surface area (Å²) < 4.78 is 5.48. The molecule has 0 saturated heterocycles. The van der Waals surface area contributed by atoms with E-state index in [2.05, 4.69) is 27.5 Å². The maximum atomic E-state index is 5.48. The SMILES string of the molecule is CCCNc1cc(NCc2ccc(C)o2)ncn1. The summed E-state index contributed by atoms with van der Waals surface area (Å²) >= 11 is 0. The molecule has 18 heavy (non-hydrogen) atoms. The van der Waals surface area contributed by atoms with Crippen molar-refractivity contribution < 1.29 is 4.42 Å². The van der Waals surface area contributed by atoms with Crippen LogP contribution in [0, 0.1) is 6.92 Å². The highest BCUT2D eigenvalue weighted by atomic mass is 16.3. The molecule has 5 heteroatoms. The number of anilines is 2. The van der Waals surface area contributed by atoms with Crippen molar-refractivity contribution in [3.8, 4) is 0 Å². The van der Waals surface area contributed by atoms with Crippen molar-refractivity contribution >= 4 is 11.6 Å². The van der Waals surface area contributed by atoms with Crippen LogP contribution in [-0.2, 0) is 6.54 Å². The van der Waals surface area contributed by atoms with E-state index in [4.69, 9.17) is 4.42 Å². The van der Waals surface area contributed by atoms with Crippen molar-refractivity contribution in [3.63, 3.8) is 0 Å². The van der Waals surface area contributed by atoms with Gasteiger partial charge < -0.3 is 15.1 Å². The van der Waals surface area contributed by atoms with Crippen molar-refractivity contribution in [1.29, 1.82) is 0 Å². The summed E-state index contributed by atoms with van der Waals surface area (Å²) in [5.74, 6) is 3.44. The van der Waals surface area contributed by atoms with Crippen LogP contribution in [0.3, 0.4) is 0 Å². The van der Waals surface area contributed by atoms with E-state index >= 15 is 0 Å². The van der Waals surface area contributed by atoms with E-state index in [0.29, 0.717) is 6.54 Å². The van der Waals surface area contributed by atoms with Crippen LogP contribution in [0.25, 0.3) is 0 Å². The molecule has 2 aromatic rings. The number of aryl methyl sites for hydroxylation is 1. The van der Waals surface area contributed by atoms with Gasteiger partial charge in [0.2, 0.25) is 0 Å². The lowest BCUT2D eigenvalue weighted by Crippen LogP contribution is -2.05. The van der Waals surface area contributed by atoms with Crippen LogP contribution in [0.5, 0.6) is 0 Å². The van der Waals surface area contributed by atoms with Crippen LogP contribution in [0.15, 0.2) is 28.9 Å². The van der Waals surface area contributed by atoms with Gasteiger partial charge in [-0.1, -0.05) is 6.92 Å². The smallest absolute Gasteiger partial charge is 0.131 e. The molecule has 0 aliphatic heterocycles. The minimum Gasteiger partial charge on any atom is -0.465 e. The van der Waals surface area contributed by atoms with Crippen molar-refractivity contribution in [2.45, 2.75) is 26.8 Å². The molecule has 0 saturated carbocycles. The van der Waals surface area contributed by atoms with Gasteiger partial charge >= 0.3 is 0 Å². The quantitative estimate of drug-likeness (QED) is 0.820. The van der Waals surface area contributed by atoms with Crippen molar-refractivity contribution in [3.05, 3.63) is 36.0 Å². The summed E-state index contributed by atoms with van der Waals surface area (Å²) in [4.78, 5) is 8.32. The normalized spacial score (nSPS) is 10.3. The molecule has 2 rings (SSSR count). The van der Waals surface area contributed by atoms with Crippen LogP contribution in [0.1, 0.15) is 24.9 Å². The zero-order valence-corrected chi connectivity index (χ0v) is 10.7. The van der Waals surface area contributed by atoms with Gasteiger partial charge in [0.05, 0.1) is 6.54 Å². The Morgan fingerprint density at radius 1 is 1.17 bits per heavy atom. The Hall–Kier alpha value is -2.04. The van der Waals surface area contributed by atoms with E-state index in [1.807, 2.05) is 25.1 Å². The third-order valence-corrected chi connectivity index (χ3v) is 2.46. The number of hydrogen-bond donors (Lipinski definition) is 2. The lowest BCUT2D eigenvalue weighted by atomic mass is 10.4. The van der Waals surface area contributed by atoms with E-state index in [1.165, 1.54) is 0 Å². The highest BCUT2D eigenvalue weighted by Crippen LogP contribution is 2.11. The monoisotopic (exact) mass is 246 g/mol. The Labute approximate surface area is 107 Å². The molecule has 0 unspecified atom stereocenters. The van der Waals surface area contributed by atoms with Gasteiger partial charge in [-0.2, -0.15) is 0 Å². The van der Waals surface area contributed by atoms with E-state index in [0.717, 1.165) is 36.1 Å². The molecule has 0 radical (unpaired) electrons. The average Bonchev–Trinajstić information content (AvgIpc) is 2.80. The van der Waals surface area contributed by atoms with Crippen molar-refractivity contribution in [1.82, 2.24) is 9.97 Å². The summed E-state index contributed by atoms with van der Waals surface area (Å²) in [6.07, 6.45) is 2.62. The zero-order chi connectivity index (χ0) is 12.8. The van der Waals surface area contributed by atoms with Gasteiger partial charge in [-0.25, -0.2) is 9.97 Å². The molecule has 0 aliphatic rings. The Morgan fingerprint density at radius 3 is 2.61 bits per heavy atom. The molecule has 0 spiro atoms. The number of nitrogens with one attached hydrogen (secondary N) is 2. The van der Waals surface area contributed by atoms with Gasteiger partial charge in [-0.15, -0.1) is 0 Å². The Kier molecular flexibility index (Phi) is 4.17. The fraction of sp³-hybridized carbons (Fsp3) is 0.385. The largest absolute Gasteiger partial charge is 0.465 e. The lowest BCUT2D eigenvalue weighted by Gasteiger charge is -2.06. The van der Waals surface area contributed by atoms with Crippen LogP contribution in [-0.4, -0.2) is 16.5 Å². The molecule has 2 N–H and O–H groups in total. The fourth-order valence-electron chi connectivity index (χ4n) is 1.56.